The molecule has 0 aromatic carbocycles. The van der Waals surface area contributed by atoms with Crippen LogP contribution in [0.5, 0.6) is 0 Å². The topological polar surface area (TPSA) is 36.4 Å². The van der Waals surface area contributed by atoms with Gasteiger partial charge in [-0.25, -0.2) is 0 Å². The minimum absolute atomic E-state index is 0.527. The molecule has 0 aliphatic carbocycles. The van der Waals surface area contributed by atoms with E-state index in [1.54, 1.807) is 0 Å². The van der Waals surface area contributed by atoms with Crippen LogP contribution in [0, 0.1) is 5.92 Å². The van der Waals surface area contributed by atoms with Gasteiger partial charge >= 0.3 is 0 Å². The zero-order valence-corrected chi connectivity index (χ0v) is 8.93. The quantitative estimate of drug-likeness (QED) is 0.690. The smallest absolute Gasteiger partial charge is 0.191 e. The third-order valence-corrected chi connectivity index (χ3v) is 2.51. The molecule has 1 heterocycles. The van der Waals surface area contributed by atoms with Gasteiger partial charge < -0.3 is 10.6 Å². The normalized spacial score (nSPS) is 20.4. The summed E-state index contributed by atoms with van der Waals surface area (Å²) in [6.07, 6.45) is 2.48. The van der Waals surface area contributed by atoms with Gasteiger partial charge in [0.1, 0.15) is 0 Å². The number of guanidine groups is 1. The highest BCUT2D eigenvalue weighted by molar-refractivity contribution is 5.81. The molecular weight excluding hydrogens is 162 g/mol. The van der Waals surface area contributed by atoms with Crippen LogP contribution in [0.25, 0.3) is 0 Å². The van der Waals surface area contributed by atoms with Crippen LogP contribution in [0.3, 0.4) is 0 Å². The Morgan fingerprint density at radius 2 is 2.31 bits per heavy atom. The van der Waals surface area contributed by atoms with Crippen molar-refractivity contribution in [2.45, 2.75) is 39.7 Å². The maximum absolute atomic E-state index is 4.30. The molecule has 13 heavy (non-hydrogen) atoms. The van der Waals surface area contributed by atoms with E-state index in [1.165, 1.54) is 12.8 Å². The van der Waals surface area contributed by atoms with E-state index in [1.807, 2.05) is 0 Å². The van der Waals surface area contributed by atoms with Crippen LogP contribution < -0.4 is 10.6 Å². The molecule has 0 saturated heterocycles. The molecule has 2 atom stereocenters. The van der Waals surface area contributed by atoms with E-state index in [0.717, 1.165) is 25.0 Å². The highest BCUT2D eigenvalue weighted by atomic mass is 15.2. The number of nitrogens with zero attached hydrogens (tertiary/aromatic N) is 1. The molecule has 1 aliphatic heterocycles. The molecule has 0 aromatic rings. The summed E-state index contributed by atoms with van der Waals surface area (Å²) in [6.45, 7) is 8.65. The lowest BCUT2D eigenvalue weighted by atomic mass is 10.0. The van der Waals surface area contributed by atoms with Crippen molar-refractivity contribution in [3.63, 3.8) is 0 Å². The van der Waals surface area contributed by atoms with E-state index in [0.29, 0.717) is 6.04 Å². The van der Waals surface area contributed by atoms with Crippen molar-refractivity contribution in [3.8, 4) is 0 Å². The maximum atomic E-state index is 4.30. The van der Waals surface area contributed by atoms with Gasteiger partial charge in [0.15, 0.2) is 5.96 Å². The largest absolute Gasteiger partial charge is 0.355 e. The molecule has 3 nitrogen and oxygen atoms in total. The molecule has 2 unspecified atom stereocenters. The van der Waals surface area contributed by atoms with Crippen LogP contribution in [0.1, 0.15) is 33.6 Å². The van der Waals surface area contributed by atoms with Crippen molar-refractivity contribution in [2.75, 3.05) is 13.1 Å². The summed E-state index contributed by atoms with van der Waals surface area (Å²) in [5.74, 6) is 1.78. The summed E-state index contributed by atoms with van der Waals surface area (Å²) in [7, 11) is 0. The lowest BCUT2D eigenvalue weighted by Crippen LogP contribution is -2.40. The predicted octanol–water partition coefficient (Wildman–Crippen LogP) is 1.36. The fourth-order valence-corrected chi connectivity index (χ4v) is 1.56. The minimum atomic E-state index is 0.527. The summed E-state index contributed by atoms with van der Waals surface area (Å²) < 4.78 is 0. The first-order chi connectivity index (χ1) is 6.22. The predicted molar refractivity (Wildman–Crippen MR) is 57.0 cm³/mol. The summed E-state index contributed by atoms with van der Waals surface area (Å²) in [4.78, 5) is 4.30. The van der Waals surface area contributed by atoms with Crippen molar-refractivity contribution in [3.05, 3.63) is 0 Å². The van der Waals surface area contributed by atoms with Gasteiger partial charge in [0, 0.05) is 12.6 Å². The number of hydrogen-bond acceptors (Lipinski definition) is 3. The van der Waals surface area contributed by atoms with Crippen LogP contribution in [0.2, 0.25) is 0 Å². The minimum Gasteiger partial charge on any atom is -0.355 e. The van der Waals surface area contributed by atoms with Crippen LogP contribution in [-0.4, -0.2) is 25.1 Å². The number of rotatable bonds is 4. The van der Waals surface area contributed by atoms with Crippen LogP contribution in [0.15, 0.2) is 4.99 Å². The van der Waals surface area contributed by atoms with Crippen LogP contribution in [-0.2, 0) is 0 Å². The Labute approximate surface area is 81.0 Å². The monoisotopic (exact) mass is 183 g/mol. The molecule has 1 aliphatic rings. The van der Waals surface area contributed by atoms with E-state index < -0.39 is 0 Å². The molecule has 0 saturated carbocycles. The lowest BCUT2D eigenvalue weighted by Gasteiger charge is -2.18. The zero-order valence-electron chi connectivity index (χ0n) is 8.93. The van der Waals surface area contributed by atoms with Gasteiger partial charge in [-0.05, 0) is 19.3 Å². The zero-order chi connectivity index (χ0) is 9.68. The Kier molecular flexibility index (Phi) is 4.06. The number of hydrogen-bond donors (Lipinski definition) is 2. The molecule has 76 valence electrons. The molecule has 0 radical (unpaired) electrons. The van der Waals surface area contributed by atoms with Crippen molar-refractivity contribution in [2.24, 2.45) is 10.9 Å². The first-order valence-corrected chi connectivity index (χ1v) is 5.27. The number of aliphatic imine (C=N–C) groups is 1. The highest BCUT2D eigenvalue weighted by Crippen LogP contribution is 2.09. The van der Waals surface area contributed by atoms with E-state index in [-0.39, 0.29) is 0 Å². The molecular formula is C10H21N3. The van der Waals surface area contributed by atoms with E-state index in [4.69, 9.17) is 0 Å². The van der Waals surface area contributed by atoms with Gasteiger partial charge in [-0.3, -0.25) is 4.99 Å². The Morgan fingerprint density at radius 3 is 2.85 bits per heavy atom. The second-order valence-corrected chi connectivity index (χ2v) is 3.95. The lowest BCUT2D eigenvalue weighted by molar-refractivity contribution is 0.446. The van der Waals surface area contributed by atoms with Gasteiger partial charge in [-0.15, -0.1) is 0 Å². The third kappa shape index (κ3) is 3.66. The number of nitrogens with one attached hydrogen (secondary N) is 2. The SMILES string of the molecule is CCC(C)CC(C)NC1=NCCN1. The van der Waals surface area contributed by atoms with Gasteiger partial charge in [-0.2, -0.15) is 0 Å². The van der Waals surface area contributed by atoms with E-state index in [2.05, 4.69) is 36.4 Å². The van der Waals surface area contributed by atoms with Crippen molar-refractivity contribution in [1.29, 1.82) is 0 Å². The second-order valence-electron chi connectivity index (χ2n) is 3.95. The van der Waals surface area contributed by atoms with Crippen LogP contribution in [0.4, 0.5) is 0 Å². The summed E-state index contributed by atoms with van der Waals surface area (Å²) in [5, 5.41) is 6.60. The molecule has 0 aromatic heterocycles. The Bertz CT molecular complexity index is 177. The first-order valence-electron chi connectivity index (χ1n) is 5.27. The van der Waals surface area contributed by atoms with Crippen molar-refractivity contribution < 1.29 is 0 Å². The fraction of sp³-hybridized carbons (Fsp3) is 0.900. The first kappa shape index (κ1) is 10.4. The Balaban J connectivity index is 2.20. The molecule has 0 bridgehead atoms. The van der Waals surface area contributed by atoms with E-state index >= 15 is 0 Å². The molecule has 0 spiro atoms. The van der Waals surface area contributed by atoms with Crippen molar-refractivity contribution >= 4 is 5.96 Å². The van der Waals surface area contributed by atoms with Gasteiger partial charge in [-0.1, -0.05) is 20.3 Å². The summed E-state index contributed by atoms with van der Waals surface area (Å²) >= 11 is 0. The second kappa shape index (κ2) is 5.10. The molecule has 0 fully saturated rings. The van der Waals surface area contributed by atoms with E-state index in [9.17, 15) is 0 Å². The fourth-order valence-electron chi connectivity index (χ4n) is 1.56. The molecule has 0 amide bonds. The molecule has 1 rings (SSSR count). The third-order valence-electron chi connectivity index (χ3n) is 2.51. The summed E-state index contributed by atoms with van der Waals surface area (Å²) in [6, 6.07) is 0.527. The average Bonchev–Trinajstić information content (AvgIpc) is 2.56. The Hall–Kier alpha value is -0.730. The van der Waals surface area contributed by atoms with Gasteiger partial charge in [0.2, 0.25) is 0 Å². The standard InChI is InChI=1S/C10H21N3/c1-4-8(2)7-9(3)13-10-11-5-6-12-10/h8-9H,4-7H2,1-3H3,(H2,11,12,13). The molecule has 3 heteroatoms. The van der Waals surface area contributed by atoms with Gasteiger partial charge in [0.05, 0.1) is 6.54 Å². The highest BCUT2D eigenvalue weighted by Gasteiger charge is 2.10. The molecule has 2 N–H and O–H groups in total. The average molecular weight is 183 g/mol. The Morgan fingerprint density at radius 1 is 1.54 bits per heavy atom. The van der Waals surface area contributed by atoms with Crippen molar-refractivity contribution in [1.82, 2.24) is 10.6 Å². The van der Waals surface area contributed by atoms with Crippen LogP contribution >= 0.6 is 0 Å². The van der Waals surface area contributed by atoms with Gasteiger partial charge in [0.25, 0.3) is 0 Å². The maximum Gasteiger partial charge on any atom is 0.191 e. The summed E-state index contributed by atoms with van der Waals surface area (Å²) in [5.41, 5.74) is 0.